The van der Waals surface area contributed by atoms with Crippen LogP contribution in [0.4, 0.5) is 26.3 Å². The van der Waals surface area contributed by atoms with Crippen molar-refractivity contribution in [3.63, 3.8) is 0 Å². The Morgan fingerprint density at radius 3 is 1.28 bits per heavy atom. The molecule has 0 heterocycles. The average Bonchev–Trinajstić information content (AvgIpc) is 2.63. The van der Waals surface area contributed by atoms with Gasteiger partial charge in [-0.05, 0) is 45.8 Å². The van der Waals surface area contributed by atoms with Gasteiger partial charge in [-0.15, -0.1) is 0 Å². The maximum absolute atomic E-state index is 14.4. The molecular formula is C17H6Br2F6. The van der Waals surface area contributed by atoms with E-state index in [0.717, 1.165) is 12.1 Å². The molecule has 1 aliphatic rings. The SMILES string of the molecule is FC1(F)c2c(c3ccc(Br)cc3c3cc(Br)ccc23)C(F)(F)C1(F)F. The molecule has 0 saturated carbocycles. The van der Waals surface area contributed by atoms with Crippen molar-refractivity contribution in [3.8, 4) is 0 Å². The van der Waals surface area contributed by atoms with E-state index in [1.807, 2.05) is 0 Å². The van der Waals surface area contributed by atoms with Crippen molar-refractivity contribution < 1.29 is 26.3 Å². The van der Waals surface area contributed by atoms with E-state index in [-0.39, 0.29) is 21.5 Å². The Morgan fingerprint density at radius 1 is 0.560 bits per heavy atom. The molecule has 0 aliphatic heterocycles. The topological polar surface area (TPSA) is 0 Å². The minimum Gasteiger partial charge on any atom is -0.194 e. The third-order valence-corrected chi connectivity index (χ3v) is 5.45. The summed E-state index contributed by atoms with van der Waals surface area (Å²) in [6, 6.07) is 7.94. The maximum Gasteiger partial charge on any atom is 0.380 e. The second kappa shape index (κ2) is 4.91. The van der Waals surface area contributed by atoms with E-state index in [1.165, 1.54) is 24.3 Å². The van der Waals surface area contributed by atoms with Crippen LogP contribution in [0.2, 0.25) is 0 Å². The van der Waals surface area contributed by atoms with Gasteiger partial charge in [-0.1, -0.05) is 44.0 Å². The molecule has 8 heteroatoms. The number of alkyl halides is 6. The highest BCUT2D eigenvalue weighted by molar-refractivity contribution is 9.10. The number of halogens is 8. The summed E-state index contributed by atoms with van der Waals surface area (Å²) in [6.07, 6.45) is 0. The Morgan fingerprint density at radius 2 is 0.920 bits per heavy atom. The standard InChI is InChI=1S/C17H6Br2F6/c18-7-1-3-9-11(5-7)12-6-8(19)2-4-10(12)14-13(9)15(20,21)17(24,25)16(14,22)23/h1-6H. The molecule has 4 rings (SSSR count). The highest BCUT2D eigenvalue weighted by Gasteiger charge is 2.79. The summed E-state index contributed by atoms with van der Waals surface area (Å²) < 4.78 is 86.6. The van der Waals surface area contributed by atoms with E-state index in [2.05, 4.69) is 31.9 Å². The fourth-order valence-electron chi connectivity index (χ4n) is 3.35. The number of hydrogen-bond donors (Lipinski definition) is 0. The van der Waals surface area contributed by atoms with E-state index in [4.69, 9.17) is 0 Å². The molecule has 3 aromatic rings. The van der Waals surface area contributed by atoms with Crippen molar-refractivity contribution in [2.24, 2.45) is 0 Å². The minimum absolute atomic E-state index is 0.192. The van der Waals surface area contributed by atoms with Crippen LogP contribution in [0.3, 0.4) is 0 Å². The lowest BCUT2D eigenvalue weighted by atomic mass is 9.92. The van der Waals surface area contributed by atoms with Gasteiger partial charge in [0.2, 0.25) is 0 Å². The van der Waals surface area contributed by atoms with Crippen molar-refractivity contribution in [1.82, 2.24) is 0 Å². The highest BCUT2D eigenvalue weighted by atomic mass is 79.9. The molecule has 0 fully saturated rings. The van der Waals surface area contributed by atoms with Crippen molar-refractivity contribution in [2.75, 3.05) is 0 Å². The maximum atomic E-state index is 14.4. The lowest BCUT2D eigenvalue weighted by molar-refractivity contribution is -0.301. The summed E-state index contributed by atoms with van der Waals surface area (Å²) >= 11 is 6.39. The van der Waals surface area contributed by atoms with Crippen molar-refractivity contribution in [1.29, 1.82) is 0 Å². The van der Waals surface area contributed by atoms with Crippen LogP contribution in [0.15, 0.2) is 45.3 Å². The zero-order valence-corrected chi connectivity index (χ0v) is 15.2. The number of hydrogen-bond acceptors (Lipinski definition) is 0. The Bertz CT molecular complexity index is 975. The molecule has 0 amide bonds. The molecule has 0 bridgehead atoms. The van der Waals surface area contributed by atoms with Crippen LogP contribution in [0.25, 0.3) is 21.5 Å². The van der Waals surface area contributed by atoms with Crippen LogP contribution < -0.4 is 0 Å². The van der Waals surface area contributed by atoms with E-state index < -0.39 is 28.9 Å². The van der Waals surface area contributed by atoms with Gasteiger partial charge >= 0.3 is 17.8 Å². The van der Waals surface area contributed by atoms with Gasteiger partial charge < -0.3 is 0 Å². The van der Waals surface area contributed by atoms with Gasteiger partial charge in [0, 0.05) is 20.1 Å². The Labute approximate surface area is 154 Å². The first-order chi connectivity index (χ1) is 11.5. The first-order valence-electron chi connectivity index (χ1n) is 6.99. The zero-order chi connectivity index (χ0) is 18.4. The molecule has 0 radical (unpaired) electrons. The van der Waals surface area contributed by atoms with E-state index in [0.29, 0.717) is 8.95 Å². The molecule has 0 unspecified atom stereocenters. The van der Waals surface area contributed by atoms with Gasteiger partial charge in [-0.3, -0.25) is 0 Å². The van der Waals surface area contributed by atoms with Gasteiger partial charge in [0.15, 0.2) is 0 Å². The molecule has 25 heavy (non-hydrogen) atoms. The van der Waals surface area contributed by atoms with Crippen molar-refractivity contribution >= 4 is 53.4 Å². The van der Waals surface area contributed by atoms with E-state index in [1.54, 1.807) is 0 Å². The molecule has 0 spiro atoms. The van der Waals surface area contributed by atoms with Crippen LogP contribution in [-0.4, -0.2) is 5.92 Å². The first-order valence-corrected chi connectivity index (χ1v) is 8.57. The second-order valence-electron chi connectivity index (χ2n) is 5.85. The van der Waals surface area contributed by atoms with Crippen LogP contribution in [0.1, 0.15) is 11.1 Å². The van der Waals surface area contributed by atoms with E-state index >= 15 is 0 Å². The van der Waals surface area contributed by atoms with Gasteiger partial charge in [0.05, 0.1) is 0 Å². The number of benzene rings is 3. The molecule has 130 valence electrons. The van der Waals surface area contributed by atoms with Crippen LogP contribution in [-0.2, 0) is 11.8 Å². The molecule has 0 N–H and O–H groups in total. The van der Waals surface area contributed by atoms with Crippen molar-refractivity contribution in [2.45, 2.75) is 17.8 Å². The molecule has 0 nitrogen and oxygen atoms in total. The quantitative estimate of drug-likeness (QED) is 0.231. The minimum atomic E-state index is -5.51. The predicted molar refractivity (Wildman–Crippen MR) is 89.6 cm³/mol. The number of fused-ring (bicyclic) bond motifs is 6. The third kappa shape index (κ3) is 1.95. The monoisotopic (exact) mass is 482 g/mol. The molecule has 0 aromatic heterocycles. The lowest BCUT2D eigenvalue weighted by Crippen LogP contribution is -2.43. The molecule has 0 saturated heterocycles. The summed E-state index contributed by atoms with van der Waals surface area (Å²) in [6.45, 7) is 0. The summed E-state index contributed by atoms with van der Waals surface area (Å²) in [5.41, 5.74) is -2.61. The molecular weight excluding hydrogens is 478 g/mol. The smallest absolute Gasteiger partial charge is 0.194 e. The summed E-state index contributed by atoms with van der Waals surface area (Å²) in [5.74, 6) is -15.5. The second-order valence-corrected chi connectivity index (χ2v) is 7.68. The number of rotatable bonds is 0. The fourth-order valence-corrected chi connectivity index (χ4v) is 4.07. The van der Waals surface area contributed by atoms with Crippen LogP contribution >= 0.6 is 31.9 Å². The predicted octanol–water partition coefficient (Wildman–Crippen LogP) is 7.35. The van der Waals surface area contributed by atoms with Crippen molar-refractivity contribution in [3.05, 3.63) is 56.5 Å². The largest absolute Gasteiger partial charge is 0.380 e. The first kappa shape index (κ1) is 17.1. The van der Waals surface area contributed by atoms with Gasteiger partial charge in [0.1, 0.15) is 0 Å². The normalized spacial score (nSPS) is 20.2. The average molecular weight is 484 g/mol. The van der Waals surface area contributed by atoms with E-state index in [9.17, 15) is 26.3 Å². The Kier molecular flexibility index (Phi) is 3.37. The molecule has 3 aromatic carbocycles. The Balaban J connectivity index is 2.36. The van der Waals surface area contributed by atoms with Crippen LogP contribution in [0.5, 0.6) is 0 Å². The highest BCUT2D eigenvalue weighted by Crippen LogP contribution is 2.65. The van der Waals surface area contributed by atoms with Gasteiger partial charge in [-0.25, -0.2) is 0 Å². The zero-order valence-electron chi connectivity index (χ0n) is 12.0. The lowest BCUT2D eigenvalue weighted by Gasteiger charge is -2.23. The summed E-state index contributed by atoms with van der Waals surface area (Å²) in [5, 5.41) is -0.244. The Hall–Kier alpha value is -1.28. The summed E-state index contributed by atoms with van der Waals surface area (Å²) in [7, 11) is 0. The van der Waals surface area contributed by atoms with Crippen LogP contribution in [0, 0.1) is 0 Å². The third-order valence-electron chi connectivity index (χ3n) is 4.46. The molecule has 1 aliphatic carbocycles. The summed E-state index contributed by atoms with van der Waals surface area (Å²) in [4.78, 5) is 0. The fraction of sp³-hybridized carbons (Fsp3) is 0.176. The molecule has 0 atom stereocenters. The van der Waals surface area contributed by atoms with Gasteiger partial charge in [-0.2, -0.15) is 26.3 Å². The van der Waals surface area contributed by atoms with Gasteiger partial charge in [0.25, 0.3) is 0 Å².